The van der Waals surface area contributed by atoms with Gasteiger partial charge < -0.3 is 16.3 Å². The van der Waals surface area contributed by atoms with Crippen LogP contribution in [0.1, 0.15) is 31.9 Å². The third-order valence-electron chi connectivity index (χ3n) is 2.70. The van der Waals surface area contributed by atoms with Crippen LogP contribution in [-0.2, 0) is 0 Å². The van der Waals surface area contributed by atoms with Crippen molar-refractivity contribution in [2.45, 2.75) is 32.4 Å². The van der Waals surface area contributed by atoms with Crippen molar-refractivity contribution in [2.75, 3.05) is 0 Å². The van der Waals surface area contributed by atoms with Crippen LogP contribution in [0.3, 0.4) is 0 Å². The highest BCUT2D eigenvalue weighted by atomic mass is 79.9. The average molecular weight is 300 g/mol. The maximum Gasteiger partial charge on any atom is 0.156 e. The lowest BCUT2D eigenvalue weighted by Crippen LogP contribution is -2.42. The van der Waals surface area contributed by atoms with Gasteiger partial charge in [-0.15, -0.1) is 0 Å². The molecule has 0 aromatic heterocycles. The van der Waals surface area contributed by atoms with Crippen molar-refractivity contribution in [1.29, 1.82) is 0 Å². The molecule has 1 unspecified atom stereocenters. The minimum absolute atomic E-state index is 0.121. The van der Waals surface area contributed by atoms with E-state index in [-0.39, 0.29) is 17.9 Å². The average Bonchev–Trinajstić information content (AvgIpc) is 2.35. The monoisotopic (exact) mass is 299 g/mol. The van der Waals surface area contributed by atoms with Crippen LogP contribution < -0.4 is 11.1 Å². The molecule has 94 valence electrons. The first kappa shape index (κ1) is 14.0. The highest BCUT2D eigenvalue weighted by Gasteiger charge is 2.16. The normalized spacial score (nSPS) is 15.6. The summed E-state index contributed by atoms with van der Waals surface area (Å²) in [4.78, 5) is 0. The molecule has 1 aromatic carbocycles. The van der Waals surface area contributed by atoms with Crippen LogP contribution in [0.2, 0.25) is 0 Å². The molecular weight excluding hydrogens is 282 g/mol. The van der Waals surface area contributed by atoms with Crippen LogP contribution in [0.25, 0.3) is 0 Å². The van der Waals surface area contributed by atoms with Crippen LogP contribution in [0.5, 0.6) is 0 Å². The van der Waals surface area contributed by atoms with E-state index in [1.807, 2.05) is 38.1 Å². The Labute approximate surface area is 110 Å². The maximum absolute atomic E-state index is 8.69. The fourth-order valence-corrected chi connectivity index (χ4v) is 2.33. The number of rotatable bonds is 5. The fourth-order valence-electron chi connectivity index (χ4n) is 1.70. The Morgan fingerprint density at radius 1 is 1.53 bits per heavy atom. The molecule has 0 aliphatic heterocycles. The lowest BCUT2D eigenvalue weighted by atomic mass is 10.1. The fraction of sp³-hybridized carbons (Fsp3) is 0.417. The molecule has 1 aromatic rings. The standard InChI is InChI=1S/C12H18BrN3O/c1-3-11(12(14)16-17)15-8(2)9-6-4-5-7-10(9)13/h4-8,11,15,17H,3H2,1-2H3,(H2,14,16)/t8-,11?/m0/s1. The second kappa shape index (κ2) is 6.61. The number of nitrogens with two attached hydrogens (primary N) is 1. The zero-order valence-electron chi connectivity index (χ0n) is 10.0. The third-order valence-corrected chi connectivity index (χ3v) is 3.43. The molecule has 0 bridgehead atoms. The summed E-state index contributed by atoms with van der Waals surface area (Å²) in [5.74, 6) is 0.214. The van der Waals surface area contributed by atoms with Crippen molar-refractivity contribution in [1.82, 2.24) is 5.32 Å². The summed E-state index contributed by atoms with van der Waals surface area (Å²) in [6.45, 7) is 4.04. The molecule has 1 rings (SSSR count). The van der Waals surface area contributed by atoms with Crippen molar-refractivity contribution in [3.8, 4) is 0 Å². The lowest BCUT2D eigenvalue weighted by Gasteiger charge is -2.22. The molecule has 0 saturated heterocycles. The summed E-state index contributed by atoms with van der Waals surface area (Å²) in [7, 11) is 0. The first-order valence-corrected chi connectivity index (χ1v) is 6.37. The number of amidine groups is 1. The number of oxime groups is 1. The largest absolute Gasteiger partial charge is 0.409 e. The zero-order valence-corrected chi connectivity index (χ0v) is 11.6. The number of nitrogens with one attached hydrogen (secondary N) is 1. The van der Waals surface area contributed by atoms with Gasteiger partial charge in [-0.2, -0.15) is 0 Å². The number of benzene rings is 1. The molecule has 2 atom stereocenters. The molecular formula is C12H18BrN3O. The van der Waals surface area contributed by atoms with Crippen molar-refractivity contribution < 1.29 is 5.21 Å². The second-order valence-electron chi connectivity index (χ2n) is 3.90. The molecule has 0 saturated carbocycles. The smallest absolute Gasteiger partial charge is 0.156 e. The van der Waals surface area contributed by atoms with E-state index in [0.717, 1.165) is 16.5 Å². The van der Waals surface area contributed by atoms with Gasteiger partial charge in [-0.3, -0.25) is 0 Å². The molecule has 4 nitrogen and oxygen atoms in total. The van der Waals surface area contributed by atoms with Gasteiger partial charge in [0, 0.05) is 10.5 Å². The molecule has 0 fully saturated rings. The molecule has 4 N–H and O–H groups in total. The van der Waals surface area contributed by atoms with Gasteiger partial charge in [0.1, 0.15) is 0 Å². The van der Waals surface area contributed by atoms with E-state index in [9.17, 15) is 0 Å². The number of hydrogen-bond acceptors (Lipinski definition) is 3. The van der Waals surface area contributed by atoms with Crippen LogP contribution in [0.4, 0.5) is 0 Å². The predicted octanol–water partition coefficient (Wildman–Crippen LogP) is 2.62. The molecule has 0 radical (unpaired) electrons. The van der Waals surface area contributed by atoms with E-state index in [1.165, 1.54) is 0 Å². The Balaban J connectivity index is 2.78. The van der Waals surface area contributed by atoms with E-state index < -0.39 is 0 Å². The van der Waals surface area contributed by atoms with Gasteiger partial charge in [0.05, 0.1) is 6.04 Å². The quantitative estimate of drug-likeness (QED) is 0.339. The zero-order chi connectivity index (χ0) is 12.8. The Morgan fingerprint density at radius 3 is 2.71 bits per heavy atom. The summed E-state index contributed by atoms with van der Waals surface area (Å²) in [5, 5.41) is 15.1. The molecule has 0 spiro atoms. The summed E-state index contributed by atoms with van der Waals surface area (Å²) in [6, 6.07) is 8.00. The van der Waals surface area contributed by atoms with Crippen molar-refractivity contribution in [3.05, 3.63) is 34.3 Å². The van der Waals surface area contributed by atoms with E-state index in [4.69, 9.17) is 10.9 Å². The van der Waals surface area contributed by atoms with Crippen molar-refractivity contribution in [3.63, 3.8) is 0 Å². The topological polar surface area (TPSA) is 70.6 Å². The van der Waals surface area contributed by atoms with Gasteiger partial charge in [-0.1, -0.05) is 46.2 Å². The van der Waals surface area contributed by atoms with E-state index in [0.29, 0.717) is 0 Å². The summed E-state index contributed by atoms with van der Waals surface area (Å²) < 4.78 is 1.05. The molecule has 0 aliphatic rings. The van der Waals surface area contributed by atoms with Crippen LogP contribution in [0.15, 0.2) is 33.9 Å². The third kappa shape index (κ3) is 3.71. The Bertz CT molecular complexity index is 395. The van der Waals surface area contributed by atoms with Gasteiger partial charge in [0.25, 0.3) is 0 Å². The first-order valence-electron chi connectivity index (χ1n) is 5.58. The minimum Gasteiger partial charge on any atom is -0.409 e. The predicted molar refractivity (Wildman–Crippen MR) is 73.2 cm³/mol. The van der Waals surface area contributed by atoms with Crippen molar-refractivity contribution in [2.24, 2.45) is 10.9 Å². The first-order chi connectivity index (χ1) is 8.10. The molecule has 5 heteroatoms. The highest BCUT2D eigenvalue weighted by molar-refractivity contribution is 9.10. The lowest BCUT2D eigenvalue weighted by molar-refractivity contribution is 0.313. The van der Waals surface area contributed by atoms with E-state index >= 15 is 0 Å². The second-order valence-corrected chi connectivity index (χ2v) is 4.75. The maximum atomic E-state index is 8.69. The Kier molecular flexibility index (Phi) is 5.44. The van der Waals surface area contributed by atoms with Gasteiger partial charge in [0.15, 0.2) is 5.84 Å². The van der Waals surface area contributed by atoms with E-state index in [1.54, 1.807) is 0 Å². The summed E-state index contributed by atoms with van der Waals surface area (Å²) >= 11 is 3.51. The number of nitrogens with zero attached hydrogens (tertiary/aromatic N) is 1. The summed E-state index contributed by atoms with van der Waals surface area (Å²) in [5.41, 5.74) is 6.77. The van der Waals surface area contributed by atoms with Gasteiger partial charge in [0.2, 0.25) is 0 Å². The number of hydrogen-bond donors (Lipinski definition) is 3. The Morgan fingerprint density at radius 2 is 2.18 bits per heavy atom. The molecule has 0 heterocycles. The van der Waals surface area contributed by atoms with Gasteiger partial charge in [-0.25, -0.2) is 0 Å². The molecule has 17 heavy (non-hydrogen) atoms. The van der Waals surface area contributed by atoms with Crippen LogP contribution >= 0.6 is 15.9 Å². The van der Waals surface area contributed by atoms with E-state index in [2.05, 4.69) is 26.4 Å². The highest BCUT2D eigenvalue weighted by Crippen LogP contribution is 2.23. The molecule has 0 aliphatic carbocycles. The van der Waals surface area contributed by atoms with Crippen molar-refractivity contribution >= 4 is 21.8 Å². The molecule has 0 amide bonds. The SMILES string of the molecule is CCC(N[C@@H](C)c1ccccc1Br)/C(N)=N/O. The van der Waals surface area contributed by atoms with Crippen LogP contribution in [0, 0.1) is 0 Å². The Hall–Kier alpha value is -1.07. The van der Waals surface area contributed by atoms with Gasteiger partial charge in [-0.05, 0) is 25.0 Å². The summed E-state index contributed by atoms with van der Waals surface area (Å²) in [6.07, 6.45) is 0.769. The number of halogens is 1. The van der Waals surface area contributed by atoms with Crippen LogP contribution in [-0.4, -0.2) is 17.1 Å². The van der Waals surface area contributed by atoms with Gasteiger partial charge >= 0.3 is 0 Å². The minimum atomic E-state index is -0.123.